The number of phenols is 1. The van der Waals surface area contributed by atoms with Gasteiger partial charge in [0.25, 0.3) is 0 Å². The number of para-hydroxylation sites is 1. The number of piperazine rings is 1. The van der Waals surface area contributed by atoms with Crippen LogP contribution in [-0.4, -0.2) is 96.0 Å². The van der Waals surface area contributed by atoms with Gasteiger partial charge < -0.3 is 38.3 Å². The van der Waals surface area contributed by atoms with Crippen molar-refractivity contribution in [2.45, 2.75) is 74.1 Å². The average molecular weight is 795 g/mol. The standard InChI is InChI=1S/C42H42N4O10S/c1-19-10-22-12-41(15-43)16-45(4)31(28(22)33(49)34(19)51-5)32-38-30-29(37-36(53-18-54-37)20(2)35(30)55-21(3)48)26(46(32)41)14-52-40(50)42(17-57-38)39-25(11-23(13-47)44-42)24-8-6-7-9-27(24)56-39/h6-10,23,26,31-32,38,44,47,49H,11-14,16-18H2,1-5H3/t23-,26?,31-,32+,38+,41?,42+/m0/s1. The highest BCUT2D eigenvalue weighted by atomic mass is 32.2. The lowest BCUT2D eigenvalue weighted by Gasteiger charge is -2.60. The molecular weight excluding hydrogens is 753 g/mol. The molecule has 1 spiro atoms. The number of aliphatic hydroxyl groups is 1. The number of aromatic hydroxyl groups is 1. The zero-order valence-corrected chi connectivity index (χ0v) is 33.0. The number of ether oxygens (including phenoxy) is 5. The van der Waals surface area contributed by atoms with Gasteiger partial charge in [-0.1, -0.05) is 24.3 Å². The smallest absolute Gasteiger partial charge is 0.335 e. The van der Waals surface area contributed by atoms with E-state index >= 15 is 4.79 Å². The first kappa shape index (κ1) is 36.4. The van der Waals surface area contributed by atoms with E-state index in [9.17, 15) is 20.3 Å². The Morgan fingerprint density at radius 3 is 2.68 bits per heavy atom. The van der Waals surface area contributed by atoms with Crippen molar-refractivity contribution in [1.82, 2.24) is 15.1 Å². The highest BCUT2D eigenvalue weighted by Gasteiger charge is 2.64. The van der Waals surface area contributed by atoms with Crippen LogP contribution in [0.4, 0.5) is 0 Å². The molecule has 8 atom stereocenters. The molecule has 4 aromatic rings. The molecule has 8 aliphatic heterocycles. The molecule has 3 N–H and O–H groups in total. The normalized spacial score (nSPS) is 30.8. The van der Waals surface area contributed by atoms with Gasteiger partial charge in [-0.15, -0.1) is 11.8 Å². The first-order chi connectivity index (χ1) is 27.5. The van der Waals surface area contributed by atoms with E-state index < -0.39 is 52.4 Å². The van der Waals surface area contributed by atoms with Gasteiger partial charge in [-0.25, -0.2) is 4.79 Å². The van der Waals surface area contributed by atoms with Crippen molar-refractivity contribution in [2.24, 2.45) is 0 Å². The Kier molecular flexibility index (Phi) is 8.14. The van der Waals surface area contributed by atoms with Crippen LogP contribution in [0, 0.1) is 25.2 Å². The van der Waals surface area contributed by atoms with Crippen LogP contribution in [0.15, 0.2) is 34.7 Å². The third kappa shape index (κ3) is 4.85. The summed E-state index contributed by atoms with van der Waals surface area (Å²) in [6, 6.07) is 9.96. The number of hydrogen-bond acceptors (Lipinski definition) is 15. The molecule has 1 aromatic heterocycles. The van der Waals surface area contributed by atoms with Gasteiger partial charge in [0.05, 0.1) is 37.1 Å². The Bertz CT molecular complexity index is 2460. The highest BCUT2D eigenvalue weighted by Crippen LogP contribution is 2.65. The van der Waals surface area contributed by atoms with Crippen molar-refractivity contribution >= 4 is 34.7 Å². The number of likely N-dealkylation sites (N-methyl/N-ethyl adjacent to an activating group) is 1. The number of nitrogens with one attached hydrogen (secondary N) is 1. The van der Waals surface area contributed by atoms with Crippen LogP contribution in [0.2, 0.25) is 0 Å². The van der Waals surface area contributed by atoms with Crippen LogP contribution in [0.5, 0.6) is 28.7 Å². The number of rotatable bonds is 3. The summed E-state index contributed by atoms with van der Waals surface area (Å²) in [5, 5.41) is 38.0. The first-order valence-corrected chi connectivity index (χ1v) is 20.1. The van der Waals surface area contributed by atoms with E-state index in [2.05, 4.69) is 21.2 Å². The molecular formula is C42H42N4O10S. The molecule has 0 radical (unpaired) electrons. The van der Waals surface area contributed by atoms with Crippen molar-refractivity contribution < 1.29 is 47.9 Å². The fourth-order valence-electron chi connectivity index (χ4n) is 10.8. The van der Waals surface area contributed by atoms with E-state index in [0.29, 0.717) is 69.6 Å². The van der Waals surface area contributed by atoms with Crippen LogP contribution in [0.3, 0.4) is 0 Å². The highest BCUT2D eigenvalue weighted by molar-refractivity contribution is 7.99. The maximum absolute atomic E-state index is 15.0. The number of esters is 2. The summed E-state index contributed by atoms with van der Waals surface area (Å²) in [5.74, 6) is 0.945. The first-order valence-electron chi connectivity index (χ1n) is 19.1. The van der Waals surface area contributed by atoms with Gasteiger partial charge in [-0.05, 0) is 44.5 Å². The minimum atomic E-state index is -1.54. The van der Waals surface area contributed by atoms with Crippen LogP contribution in [-0.2, 0) is 32.7 Å². The van der Waals surface area contributed by atoms with Crippen LogP contribution >= 0.6 is 11.8 Å². The van der Waals surface area contributed by atoms with E-state index in [1.54, 1.807) is 0 Å². The summed E-state index contributed by atoms with van der Waals surface area (Å²) in [6.07, 6.45) is 0.696. The van der Waals surface area contributed by atoms with Crippen molar-refractivity contribution in [1.29, 1.82) is 5.26 Å². The molecule has 4 bridgehead atoms. The summed E-state index contributed by atoms with van der Waals surface area (Å²) in [4.78, 5) is 32.3. The number of phenolic OH excluding ortho intramolecular Hbond substituents is 1. The molecule has 14 nitrogen and oxygen atoms in total. The Labute approximate surface area is 332 Å². The molecule has 0 aliphatic carbocycles. The fourth-order valence-corrected chi connectivity index (χ4v) is 12.5. The summed E-state index contributed by atoms with van der Waals surface area (Å²) >= 11 is 1.45. The number of nitrogens with zero attached hydrogens (tertiary/aromatic N) is 3. The van der Waals surface area contributed by atoms with Crippen molar-refractivity contribution in [3.05, 3.63) is 75.0 Å². The zero-order valence-electron chi connectivity index (χ0n) is 32.1. The average Bonchev–Trinajstić information content (AvgIpc) is 3.78. The molecule has 9 heterocycles. The van der Waals surface area contributed by atoms with E-state index in [1.807, 2.05) is 51.2 Å². The van der Waals surface area contributed by atoms with Crippen molar-refractivity contribution in [3.8, 4) is 34.8 Å². The molecule has 15 heteroatoms. The van der Waals surface area contributed by atoms with Crippen molar-refractivity contribution in [3.63, 3.8) is 0 Å². The zero-order chi connectivity index (χ0) is 39.7. The summed E-state index contributed by atoms with van der Waals surface area (Å²) in [5.41, 5.74) is 2.81. The quantitative estimate of drug-likeness (QED) is 0.197. The topological polar surface area (TPSA) is 176 Å². The molecule has 3 unspecified atom stereocenters. The molecule has 57 heavy (non-hydrogen) atoms. The fraction of sp³-hybridized carbons (Fsp3) is 0.452. The number of aryl methyl sites for hydroxylation is 1. The Morgan fingerprint density at radius 1 is 1.14 bits per heavy atom. The number of methoxy groups -OCH3 is 1. The summed E-state index contributed by atoms with van der Waals surface area (Å²) < 4.78 is 37.3. The molecule has 12 rings (SSSR count). The van der Waals surface area contributed by atoms with Gasteiger partial charge in [0.2, 0.25) is 6.79 Å². The van der Waals surface area contributed by atoms with Gasteiger partial charge >= 0.3 is 11.9 Å². The third-order valence-electron chi connectivity index (χ3n) is 12.9. The largest absolute Gasteiger partial charge is 0.504 e. The molecule has 0 amide bonds. The molecule has 296 valence electrons. The minimum absolute atomic E-state index is 0.00904. The van der Waals surface area contributed by atoms with Crippen LogP contribution in [0.1, 0.15) is 69.0 Å². The number of nitriles is 1. The van der Waals surface area contributed by atoms with E-state index in [-0.39, 0.29) is 37.9 Å². The second-order valence-corrected chi connectivity index (χ2v) is 17.2. The van der Waals surface area contributed by atoms with Gasteiger partial charge in [-0.2, -0.15) is 5.26 Å². The molecule has 3 aromatic carbocycles. The second kappa shape index (κ2) is 12.8. The second-order valence-electron chi connectivity index (χ2n) is 16.1. The number of carbonyl (C=O) groups excluding carboxylic acids is 2. The minimum Gasteiger partial charge on any atom is -0.504 e. The van der Waals surface area contributed by atoms with E-state index in [1.165, 1.54) is 25.8 Å². The van der Waals surface area contributed by atoms with Crippen LogP contribution in [0.25, 0.3) is 11.0 Å². The maximum Gasteiger partial charge on any atom is 0.335 e. The predicted molar refractivity (Wildman–Crippen MR) is 206 cm³/mol. The third-order valence-corrected chi connectivity index (χ3v) is 14.3. The number of fused-ring (bicyclic) bond motifs is 8. The van der Waals surface area contributed by atoms with Gasteiger partial charge in [-0.3, -0.25) is 19.9 Å². The number of thioether (sulfide) groups is 1. The SMILES string of the molecule is COc1c(C)cc2c(c1O)[C@H]1[C@@H]3[C@@H]4SC[C@]5(N[C@H](CO)Cc6c5oc5ccccc65)C(=O)OCC(c5c6c(c(C)c(OC(C)=O)c54)OCO6)N3C(C#N)(C2)CN1C. The number of furan rings is 1. The number of carbonyl (C=O) groups is 2. The van der Waals surface area contributed by atoms with Gasteiger partial charge in [0.1, 0.15) is 29.2 Å². The van der Waals surface area contributed by atoms with Gasteiger partial charge in [0, 0.05) is 70.9 Å². The number of aliphatic hydroxyl groups excluding tert-OH is 1. The van der Waals surface area contributed by atoms with E-state index in [4.69, 9.17) is 28.1 Å². The Hall–Kier alpha value is -4.98. The molecule has 0 saturated carbocycles. The monoisotopic (exact) mass is 794 g/mol. The maximum atomic E-state index is 15.0. The predicted octanol–water partition coefficient (Wildman–Crippen LogP) is 4.38. The summed E-state index contributed by atoms with van der Waals surface area (Å²) in [6.45, 7) is 4.84. The van der Waals surface area contributed by atoms with Gasteiger partial charge in [0.15, 0.2) is 28.5 Å². The van der Waals surface area contributed by atoms with Crippen molar-refractivity contribution in [2.75, 3.05) is 46.5 Å². The Balaban J connectivity index is 1.27. The lowest BCUT2D eigenvalue weighted by atomic mass is 9.76. The lowest BCUT2D eigenvalue weighted by molar-refractivity contribution is -0.159. The number of hydrogen-bond donors (Lipinski definition) is 3. The molecule has 8 aliphatic rings. The Morgan fingerprint density at radius 2 is 1.93 bits per heavy atom. The summed E-state index contributed by atoms with van der Waals surface area (Å²) in [7, 11) is 3.49. The van der Waals surface area contributed by atoms with Crippen LogP contribution < -0.4 is 24.3 Å². The number of benzene rings is 3. The molecule has 2 fully saturated rings. The molecule has 2 saturated heterocycles. The lowest BCUT2D eigenvalue weighted by Crippen LogP contribution is -2.69. The van der Waals surface area contributed by atoms with E-state index in [0.717, 1.165) is 22.1 Å².